The second kappa shape index (κ2) is 10.5. The average molecular weight is 279 g/mol. The molecule has 0 aliphatic heterocycles. The molecule has 0 saturated carbocycles. The van der Waals surface area contributed by atoms with Gasteiger partial charge >= 0.3 is 0 Å². The topological polar surface area (TPSA) is 9.23 Å². The van der Waals surface area contributed by atoms with Gasteiger partial charge in [0.25, 0.3) is 0 Å². The fourth-order valence-electron chi connectivity index (χ4n) is 1.21. The molecule has 1 nitrogen and oxygen atoms in total. The Morgan fingerprint density at radius 2 is 1.11 bits per heavy atom. The van der Waals surface area contributed by atoms with Crippen molar-refractivity contribution in [1.29, 1.82) is 0 Å². The van der Waals surface area contributed by atoms with Crippen LogP contribution in [0.3, 0.4) is 0 Å². The standard InChI is InChI=1S/C8H10O.C7H7Cl.C2H6/c1-7-3-5-8(9-2)6-4-7;1-6-2-4-7(8)5-3-6;1-2/h3-6H,1-2H3;2-5H,1H3;1-2H3. The number of hydrogen-bond acceptors (Lipinski definition) is 1. The third-order valence-electron chi connectivity index (χ3n) is 2.27. The third-order valence-corrected chi connectivity index (χ3v) is 2.52. The van der Waals surface area contributed by atoms with E-state index in [9.17, 15) is 0 Å². The SMILES string of the molecule is CC.COc1ccc(C)cc1.Cc1ccc(Cl)cc1. The van der Waals surface area contributed by atoms with Gasteiger partial charge in [-0.25, -0.2) is 0 Å². The van der Waals surface area contributed by atoms with Crippen molar-refractivity contribution in [2.24, 2.45) is 0 Å². The van der Waals surface area contributed by atoms with Gasteiger partial charge in [-0.3, -0.25) is 0 Å². The first-order valence-corrected chi connectivity index (χ1v) is 6.82. The quantitative estimate of drug-likeness (QED) is 0.652. The molecule has 0 aliphatic rings. The van der Waals surface area contributed by atoms with E-state index in [4.69, 9.17) is 16.3 Å². The number of rotatable bonds is 1. The molecule has 0 amide bonds. The van der Waals surface area contributed by atoms with Gasteiger partial charge in [0.05, 0.1) is 7.11 Å². The maximum Gasteiger partial charge on any atom is 0.118 e. The highest BCUT2D eigenvalue weighted by molar-refractivity contribution is 6.30. The minimum atomic E-state index is 0.801. The predicted octanol–water partition coefficient (Wildman–Crippen LogP) is 5.68. The second-order valence-corrected chi connectivity index (χ2v) is 4.25. The van der Waals surface area contributed by atoms with Crippen LogP contribution in [0.2, 0.25) is 5.02 Å². The van der Waals surface area contributed by atoms with E-state index in [1.54, 1.807) is 7.11 Å². The molecule has 0 saturated heterocycles. The summed E-state index contributed by atoms with van der Waals surface area (Å²) in [6.45, 7) is 8.09. The Bertz CT molecular complexity index is 411. The third kappa shape index (κ3) is 8.28. The highest BCUT2D eigenvalue weighted by atomic mass is 35.5. The van der Waals surface area contributed by atoms with Gasteiger partial charge in [-0.2, -0.15) is 0 Å². The summed E-state index contributed by atoms with van der Waals surface area (Å²) < 4.78 is 4.97. The molecular formula is C17H23ClO. The minimum absolute atomic E-state index is 0.801. The van der Waals surface area contributed by atoms with Crippen LogP contribution < -0.4 is 4.74 Å². The molecule has 2 rings (SSSR count). The molecule has 19 heavy (non-hydrogen) atoms. The Hall–Kier alpha value is -1.47. The summed E-state index contributed by atoms with van der Waals surface area (Å²) in [6.07, 6.45) is 0. The smallest absolute Gasteiger partial charge is 0.118 e. The van der Waals surface area contributed by atoms with Crippen molar-refractivity contribution in [1.82, 2.24) is 0 Å². The molecule has 0 atom stereocenters. The van der Waals surface area contributed by atoms with E-state index in [0.29, 0.717) is 0 Å². The molecule has 0 aliphatic carbocycles. The fourth-order valence-corrected chi connectivity index (χ4v) is 1.33. The van der Waals surface area contributed by atoms with Crippen molar-refractivity contribution in [3.63, 3.8) is 0 Å². The summed E-state index contributed by atoms with van der Waals surface area (Å²) in [5.41, 5.74) is 2.50. The van der Waals surface area contributed by atoms with Gasteiger partial charge in [0.15, 0.2) is 0 Å². The van der Waals surface area contributed by atoms with Gasteiger partial charge in [0.2, 0.25) is 0 Å². The lowest BCUT2D eigenvalue weighted by Gasteiger charge is -1.97. The zero-order valence-electron chi connectivity index (χ0n) is 12.4. The highest BCUT2D eigenvalue weighted by Crippen LogP contribution is 2.09. The summed E-state index contributed by atoms with van der Waals surface area (Å²) in [4.78, 5) is 0. The van der Waals surface area contributed by atoms with Gasteiger partial charge < -0.3 is 4.74 Å². The Morgan fingerprint density at radius 3 is 1.42 bits per heavy atom. The van der Waals surface area contributed by atoms with Crippen molar-refractivity contribution in [3.8, 4) is 5.75 Å². The lowest BCUT2D eigenvalue weighted by molar-refractivity contribution is 0.414. The average Bonchev–Trinajstić information content (AvgIpc) is 2.46. The van der Waals surface area contributed by atoms with Crippen molar-refractivity contribution in [2.45, 2.75) is 27.7 Å². The molecule has 0 bridgehead atoms. The summed E-state index contributed by atoms with van der Waals surface area (Å²) in [5, 5.41) is 0.801. The molecule has 0 radical (unpaired) electrons. The van der Waals surface area contributed by atoms with Gasteiger partial charge in [0.1, 0.15) is 5.75 Å². The van der Waals surface area contributed by atoms with E-state index in [1.807, 2.05) is 69.3 Å². The number of halogens is 1. The Labute approximate surface area is 122 Å². The van der Waals surface area contributed by atoms with E-state index >= 15 is 0 Å². The molecule has 0 fully saturated rings. The van der Waals surface area contributed by atoms with Crippen LogP contribution in [0.5, 0.6) is 5.75 Å². The number of methoxy groups -OCH3 is 1. The van der Waals surface area contributed by atoms with Crippen molar-refractivity contribution < 1.29 is 4.74 Å². The largest absolute Gasteiger partial charge is 0.497 e. The van der Waals surface area contributed by atoms with E-state index in [2.05, 4.69) is 6.92 Å². The zero-order valence-corrected chi connectivity index (χ0v) is 13.2. The molecule has 0 aromatic heterocycles. The molecule has 2 heteroatoms. The predicted molar refractivity (Wildman–Crippen MR) is 85.3 cm³/mol. The van der Waals surface area contributed by atoms with Crippen LogP contribution in [0.1, 0.15) is 25.0 Å². The van der Waals surface area contributed by atoms with Crippen LogP contribution in [-0.2, 0) is 0 Å². The summed E-state index contributed by atoms with van der Waals surface area (Å²) in [6, 6.07) is 15.7. The molecule has 0 N–H and O–H groups in total. The maximum absolute atomic E-state index is 5.61. The van der Waals surface area contributed by atoms with Crippen molar-refractivity contribution >= 4 is 11.6 Å². The number of benzene rings is 2. The van der Waals surface area contributed by atoms with Gasteiger partial charge in [-0.15, -0.1) is 0 Å². The number of ether oxygens (including phenoxy) is 1. The minimum Gasteiger partial charge on any atom is -0.497 e. The molecule has 0 heterocycles. The number of aryl methyl sites for hydroxylation is 2. The summed E-state index contributed by atoms with van der Waals surface area (Å²) in [5.74, 6) is 0.917. The molecule has 2 aromatic carbocycles. The van der Waals surface area contributed by atoms with Crippen LogP contribution in [0.4, 0.5) is 0 Å². The molecule has 2 aromatic rings. The van der Waals surface area contributed by atoms with E-state index in [0.717, 1.165) is 10.8 Å². The normalized spacial score (nSPS) is 8.53. The Balaban J connectivity index is 0.000000303. The van der Waals surface area contributed by atoms with Crippen LogP contribution >= 0.6 is 11.6 Å². The van der Waals surface area contributed by atoms with Crippen LogP contribution in [-0.4, -0.2) is 7.11 Å². The summed E-state index contributed by atoms with van der Waals surface area (Å²) in [7, 11) is 1.67. The van der Waals surface area contributed by atoms with Crippen molar-refractivity contribution in [2.75, 3.05) is 7.11 Å². The molecule has 0 spiro atoms. The lowest BCUT2D eigenvalue weighted by Crippen LogP contribution is -1.80. The Kier molecular flexibility index (Phi) is 9.64. The van der Waals surface area contributed by atoms with Gasteiger partial charge in [-0.1, -0.05) is 60.8 Å². The van der Waals surface area contributed by atoms with E-state index in [-0.39, 0.29) is 0 Å². The fraction of sp³-hybridized carbons (Fsp3) is 0.294. The van der Waals surface area contributed by atoms with Gasteiger partial charge in [-0.05, 0) is 38.1 Å². The number of hydrogen-bond donors (Lipinski definition) is 0. The van der Waals surface area contributed by atoms with Crippen LogP contribution in [0.25, 0.3) is 0 Å². The molecule has 104 valence electrons. The summed E-state index contributed by atoms with van der Waals surface area (Å²) >= 11 is 5.61. The lowest BCUT2D eigenvalue weighted by atomic mass is 10.2. The highest BCUT2D eigenvalue weighted by Gasteiger charge is 1.85. The second-order valence-electron chi connectivity index (χ2n) is 3.81. The first-order chi connectivity index (χ1) is 9.11. The van der Waals surface area contributed by atoms with Crippen molar-refractivity contribution in [3.05, 3.63) is 64.7 Å². The van der Waals surface area contributed by atoms with Crippen LogP contribution in [0.15, 0.2) is 48.5 Å². The zero-order chi connectivity index (χ0) is 14.7. The maximum atomic E-state index is 5.61. The first-order valence-electron chi connectivity index (χ1n) is 6.44. The van der Waals surface area contributed by atoms with Gasteiger partial charge in [0, 0.05) is 5.02 Å². The monoisotopic (exact) mass is 278 g/mol. The Morgan fingerprint density at radius 1 is 0.737 bits per heavy atom. The molecule has 0 unspecified atom stereocenters. The first kappa shape index (κ1) is 17.5. The van der Waals surface area contributed by atoms with E-state index in [1.165, 1.54) is 11.1 Å². The molecular weight excluding hydrogens is 256 g/mol. The van der Waals surface area contributed by atoms with E-state index < -0.39 is 0 Å². The van der Waals surface area contributed by atoms with Crippen LogP contribution in [0, 0.1) is 13.8 Å².